The van der Waals surface area contributed by atoms with E-state index in [0.29, 0.717) is 6.61 Å². The molecule has 0 atom stereocenters. The van der Waals surface area contributed by atoms with Crippen LogP contribution in [0.4, 0.5) is 0 Å². The molecule has 2 rings (SSSR count). The van der Waals surface area contributed by atoms with Gasteiger partial charge in [-0.1, -0.05) is 28.1 Å². The van der Waals surface area contributed by atoms with Crippen molar-refractivity contribution < 1.29 is 4.74 Å². The molecule has 0 N–H and O–H groups in total. The van der Waals surface area contributed by atoms with Gasteiger partial charge in [-0.3, -0.25) is 4.68 Å². The fourth-order valence-corrected chi connectivity index (χ4v) is 1.83. The van der Waals surface area contributed by atoms with Crippen molar-refractivity contribution in [2.45, 2.75) is 20.1 Å². The summed E-state index contributed by atoms with van der Waals surface area (Å²) in [4.78, 5) is 0. The standard InChI is InChI=1S/C12H13BrN2O/c1-2-15-8-12(7-14-15)16-9-10-4-3-5-11(13)6-10/h3-8H,2,9H2,1H3. The molecule has 0 aliphatic carbocycles. The number of aromatic nitrogens is 2. The van der Waals surface area contributed by atoms with Crippen LogP contribution < -0.4 is 4.74 Å². The zero-order valence-corrected chi connectivity index (χ0v) is 10.6. The molecule has 3 nitrogen and oxygen atoms in total. The molecule has 2 aromatic rings. The summed E-state index contributed by atoms with van der Waals surface area (Å²) in [5.41, 5.74) is 1.14. The maximum absolute atomic E-state index is 5.63. The number of hydrogen-bond donors (Lipinski definition) is 0. The van der Waals surface area contributed by atoms with Crippen molar-refractivity contribution in [3.8, 4) is 5.75 Å². The number of benzene rings is 1. The highest BCUT2D eigenvalue weighted by molar-refractivity contribution is 9.10. The van der Waals surface area contributed by atoms with Crippen LogP contribution in [-0.2, 0) is 13.2 Å². The minimum absolute atomic E-state index is 0.564. The maximum Gasteiger partial charge on any atom is 0.157 e. The lowest BCUT2D eigenvalue weighted by molar-refractivity contribution is 0.305. The molecule has 0 saturated heterocycles. The highest BCUT2D eigenvalue weighted by Gasteiger charge is 1.99. The third-order valence-electron chi connectivity index (χ3n) is 2.23. The van der Waals surface area contributed by atoms with Crippen LogP contribution in [0.3, 0.4) is 0 Å². The molecule has 16 heavy (non-hydrogen) atoms. The Morgan fingerprint density at radius 2 is 2.31 bits per heavy atom. The first kappa shape index (κ1) is 11.2. The fourth-order valence-electron chi connectivity index (χ4n) is 1.39. The molecule has 84 valence electrons. The third-order valence-corrected chi connectivity index (χ3v) is 2.72. The molecule has 0 radical (unpaired) electrons. The summed E-state index contributed by atoms with van der Waals surface area (Å²) in [5.74, 6) is 0.807. The van der Waals surface area contributed by atoms with Crippen LogP contribution in [-0.4, -0.2) is 9.78 Å². The molecule has 0 fully saturated rings. The van der Waals surface area contributed by atoms with E-state index in [1.807, 2.05) is 42.1 Å². The fraction of sp³-hybridized carbons (Fsp3) is 0.250. The highest BCUT2D eigenvalue weighted by Crippen LogP contribution is 2.15. The average Bonchev–Trinajstić information content (AvgIpc) is 2.74. The largest absolute Gasteiger partial charge is 0.486 e. The van der Waals surface area contributed by atoms with Crippen LogP contribution in [0.25, 0.3) is 0 Å². The van der Waals surface area contributed by atoms with E-state index in [9.17, 15) is 0 Å². The molecular weight excluding hydrogens is 268 g/mol. The first-order chi connectivity index (χ1) is 7.78. The molecule has 0 bridgehead atoms. The van der Waals surface area contributed by atoms with Crippen LogP contribution in [0, 0.1) is 0 Å². The summed E-state index contributed by atoms with van der Waals surface area (Å²) in [6.45, 7) is 3.47. The van der Waals surface area contributed by atoms with Gasteiger partial charge in [0.1, 0.15) is 6.61 Å². The average molecular weight is 281 g/mol. The Morgan fingerprint density at radius 3 is 3.00 bits per heavy atom. The second-order valence-corrected chi connectivity index (χ2v) is 4.37. The Kier molecular flexibility index (Phi) is 3.62. The van der Waals surface area contributed by atoms with Crippen molar-refractivity contribution in [2.75, 3.05) is 0 Å². The van der Waals surface area contributed by atoms with Crippen molar-refractivity contribution in [1.82, 2.24) is 9.78 Å². The van der Waals surface area contributed by atoms with Crippen molar-refractivity contribution in [3.05, 3.63) is 46.7 Å². The van der Waals surface area contributed by atoms with Gasteiger partial charge in [0.2, 0.25) is 0 Å². The van der Waals surface area contributed by atoms with Gasteiger partial charge in [-0.2, -0.15) is 5.10 Å². The smallest absolute Gasteiger partial charge is 0.157 e. The zero-order chi connectivity index (χ0) is 11.4. The van der Waals surface area contributed by atoms with E-state index >= 15 is 0 Å². The summed E-state index contributed by atoms with van der Waals surface area (Å²) in [6, 6.07) is 8.08. The quantitative estimate of drug-likeness (QED) is 0.860. The van der Waals surface area contributed by atoms with Gasteiger partial charge in [-0.25, -0.2) is 0 Å². The molecule has 0 unspecified atom stereocenters. The van der Waals surface area contributed by atoms with Gasteiger partial charge in [0, 0.05) is 11.0 Å². The van der Waals surface area contributed by atoms with Crippen molar-refractivity contribution in [3.63, 3.8) is 0 Å². The van der Waals surface area contributed by atoms with E-state index in [-0.39, 0.29) is 0 Å². The van der Waals surface area contributed by atoms with Gasteiger partial charge >= 0.3 is 0 Å². The Hall–Kier alpha value is -1.29. The SMILES string of the molecule is CCn1cc(OCc2cccc(Br)c2)cn1. The minimum atomic E-state index is 0.564. The van der Waals surface area contributed by atoms with Crippen LogP contribution in [0.2, 0.25) is 0 Å². The van der Waals surface area contributed by atoms with E-state index in [2.05, 4.69) is 21.0 Å². The van der Waals surface area contributed by atoms with E-state index in [1.54, 1.807) is 6.20 Å². The van der Waals surface area contributed by atoms with Crippen LogP contribution in [0.15, 0.2) is 41.1 Å². The topological polar surface area (TPSA) is 27.1 Å². The molecule has 0 aliphatic heterocycles. The molecule has 4 heteroatoms. The molecule has 1 aromatic carbocycles. The van der Waals surface area contributed by atoms with E-state index in [4.69, 9.17) is 4.74 Å². The molecule has 0 aliphatic rings. The van der Waals surface area contributed by atoms with Crippen LogP contribution >= 0.6 is 15.9 Å². The lowest BCUT2D eigenvalue weighted by atomic mass is 10.2. The third kappa shape index (κ3) is 2.85. The number of halogens is 1. The first-order valence-corrected chi connectivity index (χ1v) is 5.97. The van der Waals surface area contributed by atoms with Gasteiger partial charge in [0.15, 0.2) is 5.75 Å². The van der Waals surface area contributed by atoms with Crippen LogP contribution in [0.1, 0.15) is 12.5 Å². The van der Waals surface area contributed by atoms with Crippen molar-refractivity contribution in [2.24, 2.45) is 0 Å². The number of rotatable bonds is 4. The van der Waals surface area contributed by atoms with Gasteiger partial charge in [-0.15, -0.1) is 0 Å². The normalized spacial score (nSPS) is 10.4. The lowest BCUT2D eigenvalue weighted by Crippen LogP contribution is -1.95. The summed E-state index contributed by atoms with van der Waals surface area (Å²) in [7, 11) is 0. The van der Waals surface area contributed by atoms with E-state index in [0.717, 1.165) is 22.3 Å². The Morgan fingerprint density at radius 1 is 1.44 bits per heavy atom. The number of aryl methyl sites for hydroxylation is 1. The Labute approximate surface area is 103 Å². The number of hydrogen-bond acceptors (Lipinski definition) is 2. The Balaban J connectivity index is 1.96. The Bertz CT molecular complexity index is 468. The summed E-state index contributed by atoms with van der Waals surface area (Å²) in [5, 5.41) is 4.15. The van der Waals surface area contributed by atoms with Gasteiger partial charge in [0.05, 0.1) is 12.4 Å². The monoisotopic (exact) mass is 280 g/mol. The predicted octanol–water partition coefficient (Wildman–Crippen LogP) is 3.24. The van der Waals surface area contributed by atoms with E-state index in [1.165, 1.54) is 0 Å². The second-order valence-electron chi connectivity index (χ2n) is 3.45. The van der Waals surface area contributed by atoms with Gasteiger partial charge in [0.25, 0.3) is 0 Å². The molecule has 1 heterocycles. The molecule has 1 aromatic heterocycles. The minimum Gasteiger partial charge on any atom is -0.486 e. The summed E-state index contributed by atoms with van der Waals surface area (Å²) < 4.78 is 8.54. The number of nitrogens with zero attached hydrogens (tertiary/aromatic N) is 2. The molecule has 0 amide bonds. The molecule has 0 saturated carbocycles. The molecular formula is C12H13BrN2O. The molecule has 0 spiro atoms. The second kappa shape index (κ2) is 5.16. The summed E-state index contributed by atoms with van der Waals surface area (Å²) in [6.07, 6.45) is 3.64. The van der Waals surface area contributed by atoms with Crippen molar-refractivity contribution >= 4 is 15.9 Å². The van der Waals surface area contributed by atoms with Gasteiger partial charge < -0.3 is 4.74 Å². The summed E-state index contributed by atoms with van der Waals surface area (Å²) >= 11 is 3.43. The van der Waals surface area contributed by atoms with E-state index < -0.39 is 0 Å². The maximum atomic E-state index is 5.63. The predicted molar refractivity (Wildman–Crippen MR) is 66.4 cm³/mol. The van der Waals surface area contributed by atoms with Gasteiger partial charge in [-0.05, 0) is 24.6 Å². The first-order valence-electron chi connectivity index (χ1n) is 5.17. The lowest BCUT2D eigenvalue weighted by Gasteiger charge is -2.03. The number of ether oxygens (including phenoxy) is 1. The highest BCUT2D eigenvalue weighted by atomic mass is 79.9. The van der Waals surface area contributed by atoms with Crippen molar-refractivity contribution in [1.29, 1.82) is 0 Å². The van der Waals surface area contributed by atoms with Crippen LogP contribution in [0.5, 0.6) is 5.75 Å². The zero-order valence-electron chi connectivity index (χ0n) is 9.06.